The zero-order valence-electron chi connectivity index (χ0n) is 18.9. The number of amides is 3. The van der Waals surface area contributed by atoms with Crippen LogP contribution in [0, 0.1) is 5.82 Å². The summed E-state index contributed by atoms with van der Waals surface area (Å²) in [6.45, 7) is 2.77. The molecule has 0 bridgehead atoms. The smallest absolute Gasteiger partial charge is 0.317 e. The number of hydrogen-bond donors (Lipinski definition) is 3. The Morgan fingerprint density at radius 1 is 0.970 bits per heavy atom. The van der Waals surface area contributed by atoms with Crippen molar-refractivity contribution in [1.29, 1.82) is 0 Å². The first-order chi connectivity index (χ1) is 16.0. The molecule has 0 unspecified atom stereocenters. The summed E-state index contributed by atoms with van der Waals surface area (Å²) in [5, 5.41) is 6.08. The average molecular weight is 454 g/mol. The van der Waals surface area contributed by atoms with Gasteiger partial charge in [-0.2, -0.15) is 0 Å². The first-order valence-corrected chi connectivity index (χ1v) is 11.7. The topological polar surface area (TPSA) is 90.7 Å². The van der Waals surface area contributed by atoms with Crippen LogP contribution < -0.4 is 21.3 Å². The molecule has 1 aliphatic heterocycles. The molecule has 2 aromatic rings. The van der Waals surface area contributed by atoms with Gasteiger partial charge >= 0.3 is 6.03 Å². The second kappa shape index (κ2) is 10.6. The number of anilines is 2. The largest absolute Gasteiger partial charge is 0.399 e. The van der Waals surface area contributed by atoms with Gasteiger partial charge in [0.2, 0.25) is 0 Å². The van der Waals surface area contributed by atoms with Crippen molar-refractivity contribution in [2.24, 2.45) is 0 Å². The van der Waals surface area contributed by atoms with Crippen LogP contribution in [-0.4, -0.2) is 49.1 Å². The Kier molecular flexibility index (Phi) is 7.32. The monoisotopic (exact) mass is 453 g/mol. The van der Waals surface area contributed by atoms with E-state index in [9.17, 15) is 14.0 Å². The number of nitrogens with zero attached hydrogens (tertiary/aromatic N) is 2. The standard InChI is InChI=1S/C25H32FN5O2/c26-19-8-6-18(7-9-19)17-28-24(32)22-16-20(27)10-11-23(22)30-12-14-31(15-13-30)25(33)29-21-4-2-1-3-5-21/h6-11,16,21H,1-5,12-15,17,27H2,(H,28,32)(H,29,33). The van der Waals surface area contributed by atoms with Crippen molar-refractivity contribution in [2.45, 2.75) is 44.7 Å². The maximum Gasteiger partial charge on any atom is 0.317 e. The van der Waals surface area contributed by atoms with Crippen molar-refractivity contribution in [3.63, 3.8) is 0 Å². The summed E-state index contributed by atoms with van der Waals surface area (Å²) in [5.41, 5.74) is 8.59. The van der Waals surface area contributed by atoms with E-state index in [1.54, 1.807) is 24.3 Å². The van der Waals surface area contributed by atoms with Crippen LogP contribution >= 0.6 is 0 Å². The fourth-order valence-corrected chi connectivity index (χ4v) is 4.55. The van der Waals surface area contributed by atoms with Crippen molar-refractivity contribution in [3.05, 3.63) is 59.4 Å². The van der Waals surface area contributed by atoms with Gasteiger partial charge in [0, 0.05) is 50.1 Å². The predicted molar refractivity (Wildman–Crippen MR) is 128 cm³/mol. The highest BCUT2D eigenvalue weighted by Gasteiger charge is 2.26. The van der Waals surface area contributed by atoms with Gasteiger partial charge in [0.15, 0.2) is 0 Å². The first kappa shape index (κ1) is 22.9. The maximum absolute atomic E-state index is 13.1. The number of hydrogen-bond acceptors (Lipinski definition) is 4. The second-order valence-corrected chi connectivity index (χ2v) is 8.84. The molecule has 0 spiro atoms. The van der Waals surface area contributed by atoms with Crippen molar-refractivity contribution < 1.29 is 14.0 Å². The summed E-state index contributed by atoms with van der Waals surface area (Å²) in [6.07, 6.45) is 5.75. The molecule has 0 atom stereocenters. The van der Waals surface area contributed by atoms with Crippen molar-refractivity contribution in [2.75, 3.05) is 36.8 Å². The molecule has 1 aliphatic carbocycles. The minimum Gasteiger partial charge on any atom is -0.399 e. The molecule has 2 fully saturated rings. The maximum atomic E-state index is 13.1. The molecule has 1 saturated carbocycles. The van der Waals surface area contributed by atoms with Crippen LogP contribution in [0.15, 0.2) is 42.5 Å². The van der Waals surface area contributed by atoms with E-state index < -0.39 is 0 Å². The molecule has 7 nitrogen and oxygen atoms in total. The van der Waals surface area contributed by atoms with E-state index in [4.69, 9.17) is 5.73 Å². The zero-order valence-corrected chi connectivity index (χ0v) is 18.9. The van der Waals surface area contributed by atoms with Crippen LogP contribution in [0.3, 0.4) is 0 Å². The zero-order chi connectivity index (χ0) is 23.2. The van der Waals surface area contributed by atoms with E-state index in [0.717, 1.165) is 24.1 Å². The number of halogens is 1. The molecule has 1 saturated heterocycles. The lowest BCUT2D eigenvalue weighted by molar-refractivity contribution is 0.0951. The van der Waals surface area contributed by atoms with E-state index in [-0.39, 0.29) is 23.8 Å². The number of rotatable bonds is 5. The molecule has 4 N–H and O–H groups in total. The van der Waals surface area contributed by atoms with Crippen molar-refractivity contribution in [3.8, 4) is 0 Å². The number of nitrogens with one attached hydrogen (secondary N) is 2. The molecule has 1 heterocycles. The molecular formula is C25H32FN5O2. The Labute approximate surface area is 194 Å². The molecule has 0 aromatic heterocycles. The van der Waals surface area contributed by atoms with E-state index in [0.29, 0.717) is 44.0 Å². The number of urea groups is 1. The van der Waals surface area contributed by atoms with Crippen LogP contribution in [0.2, 0.25) is 0 Å². The van der Waals surface area contributed by atoms with Gasteiger partial charge in [0.1, 0.15) is 5.82 Å². The average Bonchev–Trinajstić information content (AvgIpc) is 2.84. The van der Waals surface area contributed by atoms with Gasteiger partial charge in [0.25, 0.3) is 5.91 Å². The number of carbonyl (C=O) groups excluding carboxylic acids is 2. The highest BCUT2D eigenvalue weighted by Crippen LogP contribution is 2.25. The highest BCUT2D eigenvalue weighted by molar-refractivity contribution is 6.00. The van der Waals surface area contributed by atoms with E-state index in [1.165, 1.54) is 31.4 Å². The summed E-state index contributed by atoms with van der Waals surface area (Å²) < 4.78 is 13.1. The van der Waals surface area contributed by atoms with E-state index in [1.807, 2.05) is 11.0 Å². The van der Waals surface area contributed by atoms with Gasteiger partial charge in [-0.15, -0.1) is 0 Å². The quantitative estimate of drug-likeness (QED) is 0.605. The Morgan fingerprint density at radius 2 is 1.67 bits per heavy atom. The molecule has 4 rings (SSSR count). The molecule has 2 aliphatic rings. The summed E-state index contributed by atoms with van der Waals surface area (Å²) in [6, 6.07) is 11.7. The summed E-state index contributed by atoms with van der Waals surface area (Å²) in [7, 11) is 0. The van der Waals surface area contributed by atoms with Gasteiger partial charge in [0.05, 0.1) is 5.56 Å². The first-order valence-electron chi connectivity index (χ1n) is 11.7. The number of piperazine rings is 1. The lowest BCUT2D eigenvalue weighted by atomic mass is 9.96. The third kappa shape index (κ3) is 5.94. The lowest BCUT2D eigenvalue weighted by Gasteiger charge is -2.37. The number of benzene rings is 2. The minimum absolute atomic E-state index is 0.0103. The van der Waals surface area contributed by atoms with Gasteiger partial charge in [-0.05, 0) is 48.7 Å². The van der Waals surface area contributed by atoms with Gasteiger partial charge in [-0.1, -0.05) is 31.4 Å². The normalized spacial score (nSPS) is 17.0. The third-order valence-corrected chi connectivity index (χ3v) is 6.47. The highest BCUT2D eigenvalue weighted by atomic mass is 19.1. The molecule has 0 radical (unpaired) electrons. The Bertz CT molecular complexity index is 967. The predicted octanol–water partition coefficient (Wildman–Crippen LogP) is 3.50. The number of carbonyl (C=O) groups is 2. The van der Waals surface area contributed by atoms with Crippen LogP contribution in [-0.2, 0) is 6.54 Å². The number of nitrogens with two attached hydrogens (primary N) is 1. The molecule has 176 valence electrons. The fourth-order valence-electron chi connectivity index (χ4n) is 4.55. The van der Waals surface area contributed by atoms with Crippen LogP contribution in [0.5, 0.6) is 0 Å². The van der Waals surface area contributed by atoms with E-state index in [2.05, 4.69) is 15.5 Å². The Balaban J connectivity index is 1.36. The molecule has 3 amide bonds. The minimum atomic E-state index is -0.310. The lowest BCUT2D eigenvalue weighted by Crippen LogP contribution is -2.54. The fraction of sp³-hybridized carbons (Fsp3) is 0.440. The third-order valence-electron chi connectivity index (χ3n) is 6.47. The Morgan fingerprint density at radius 3 is 2.36 bits per heavy atom. The molecule has 33 heavy (non-hydrogen) atoms. The second-order valence-electron chi connectivity index (χ2n) is 8.84. The van der Waals surface area contributed by atoms with Crippen LogP contribution in [0.4, 0.5) is 20.6 Å². The van der Waals surface area contributed by atoms with Gasteiger partial charge in [-0.3, -0.25) is 4.79 Å². The van der Waals surface area contributed by atoms with Crippen LogP contribution in [0.1, 0.15) is 48.0 Å². The molecular weight excluding hydrogens is 421 g/mol. The van der Waals surface area contributed by atoms with E-state index >= 15 is 0 Å². The van der Waals surface area contributed by atoms with Gasteiger partial charge in [-0.25, -0.2) is 9.18 Å². The molecule has 2 aromatic carbocycles. The van der Waals surface area contributed by atoms with Gasteiger partial charge < -0.3 is 26.2 Å². The summed E-state index contributed by atoms with van der Waals surface area (Å²) in [4.78, 5) is 29.6. The van der Waals surface area contributed by atoms with Crippen molar-refractivity contribution in [1.82, 2.24) is 15.5 Å². The SMILES string of the molecule is Nc1ccc(N2CCN(C(=O)NC3CCCCC3)CC2)c(C(=O)NCc2ccc(F)cc2)c1. The summed E-state index contributed by atoms with van der Waals surface area (Å²) in [5.74, 6) is -0.547. The molecule has 8 heteroatoms. The van der Waals surface area contributed by atoms with Crippen molar-refractivity contribution >= 4 is 23.3 Å². The number of nitrogen functional groups attached to an aromatic ring is 1. The summed E-state index contributed by atoms with van der Waals surface area (Å²) >= 11 is 0. The Hall–Kier alpha value is -3.29. The van der Waals surface area contributed by atoms with Crippen LogP contribution in [0.25, 0.3) is 0 Å².